The van der Waals surface area contributed by atoms with Gasteiger partial charge in [0.05, 0.1) is 5.66 Å². The molecule has 0 radical (unpaired) electrons. The Morgan fingerprint density at radius 2 is 1.73 bits per heavy atom. The normalized spacial score (nSPS) is 16.9. The molecule has 2 atom stereocenters. The molecular formula is C21H27O4P. The van der Waals surface area contributed by atoms with Crippen LogP contribution in [0.4, 0.5) is 0 Å². The first-order chi connectivity index (χ1) is 12.6. The molecule has 0 spiro atoms. The molecule has 1 fully saturated rings. The Kier molecular flexibility index (Phi) is 6.18. The van der Waals surface area contributed by atoms with Crippen molar-refractivity contribution >= 4 is 7.60 Å². The van der Waals surface area contributed by atoms with Crippen molar-refractivity contribution in [2.45, 2.75) is 37.9 Å². The van der Waals surface area contributed by atoms with Crippen LogP contribution in [-0.2, 0) is 20.2 Å². The first-order valence-corrected chi connectivity index (χ1v) is 10.7. The maximum absolute atomic E-state index is 12.9. The van der Waals surface area contributed by atoms with E-state index in [1.54, 1.807) is 0 Å². The molecule has 1 saturated carbocycles. The molecule has 0 aromatic heterocycles. The molecule has 140 valence electrons. The highest BCUT2D eigenvalue weighted by molar-refractivity contribution is 7.54. The van der Waals surface area contributed by atoms with E-state index in [4.69, 9.17) is 13.8 Å². The van der Waals surface area contributed by atoms with Gasteiger partial charge >= 0.3 is 7.60 Å². The van der Waals surface area contributed by atoms with Crippen molar-refractivity contribution < 1.29 is 18.3 Å². The summed E-state index contributed by atoms with van der Waals surface area (Å²) in [6.07, 6.45) is 2.30. The van der Waals surface area contributed by atoms with Gasteiger partial charge in [-0.2, -0.15) is 0 Å². The maximum atomic E-state index is 12.9. The van der Waals surface area contributed by atoms with Crippen LogP contribution < -0.4 is 4.74 Å². The van der Waals surface area contributed by atoms with Crippen LogP contribution in [0.25, 0.3) is 0 Å². The van der Waals surface area contributed by atoms with E-state index in [0.29, 0.717) is 12.5 Å². The second-order valence-electron chi connectivity index (χ2n) is 6.86. The summed E-state index contributed by atoms with van der Waals surface area (Å²) in [6, 6.07) is 18.2. The molecule has 0 saturated heterocycles. The van der Waals surface area contributed by atoms with Gasteiger partial charge in [-0.15, -0.1) is 0 Å². The van der Waals surface area contributed by atoms with Crippen molar-refractivity contribution in [2.24, 2.45) is 5.92 Å². The SMILES string of the molecule is COP(=O)(OC)C(C)C(c1cccc(OCc2ccccc2)c1)C1CC1. The fraction of sp³-hybridized carbons (Fsp3) is 0.429. The molecule has 0 bridgehead atoms. The second kappa shape index (κ2) is 8.39. The molecular weight excluding hydrogens is 347 g/mol. The predicted octanol–water partition coefficient (Wildman–Crippen LogP) is 5.63. The molecule has 2 aromatic carbocycles. The van der Waals surface area contributed by atoms with Crippen molar-refractivity contribution in [3.05, 3.63) is 65.7 Å². The fourth-order valence-corrected chi connectivity index (χ4v) is 5.18. The van der Waals surface area contributed by atoms with Crippen LogP contribution in [0.3, 0.4) is 0 Å². The van der Waals surface area contributed by atoms with Crippen LogP contribution in [0.5, 0.6) is 5.75 Å². The number of benzene rings is 2. The lowest BCUT2D eigenvalue weighted by atomic mass is 9.91. The van der Waals surface area contributed by atoms with Gasteiger partial charge in [-0.1, -0.05) is 49.4 Å². The molecule has 1 aliphatic carbocycles. The minimum atomic E-state index is -3.13. The topological polar surface area (TPSA) is 44.8 Å². The summed E-state index contributed by atoms with van der Waals surface area (Å²) in [5.41, 5.74) is 2.07. The minimum Gasteiger partial charge on any atom is -0.489 e. The van der Waals surface area contributed by atoms with E-state index in [9.17, 15) is 4.57 Å². The lowest BCUT2D eigenvalue weighted by Gasteiger charge is -2.29. The van der Waals surface area contributed by atoms with Crippen LogP contribution in [0.15, 0.2) is 54.6 Å². The van der Waals surface area contributed by atoms with Crippen LogP contribution in [0.2, 0.25) is 0 Å². The van der Waals surface area contributed by atoms with E-state index in [1.807, 2.05) is 49.4 Å². The Morgan fingerprint density at radius 1 is 1.04 bits per heavy atom. The molecule has 0 aliphatic heterocycles. The summed E-state index contributed by atoms with van der Waals surface area (Å²) >= 11 is 0. The Balaban J connectivity index is 1.79. The fourth-order valence-electron chi connectivity index (χ4n) is 3.56. The van der Waals surface area contributed by atoms with Gasteiger partial charge in [-0.3, -0.25) is 4.57 Å². The van der Waals surface area contributed by atoms with Crippen molar-refractivity contribution in [3.8, 4) is 5.75 Å². The minimum absolute atomic E-state index is 0.140. The highest BCUT2D eigenvalue weighted by Gasteiger charge is 2.44. The first kappa shape index (κ1) is 19.2. The van der Waals surface area contributed by atoms with Gasteiger partial charge in [0, 0.05) is 20.1 Å². The summed E-state index contributed by atoms with van der Waals surface area (Å²) < 4.78 is 29.4. The molecule has 3 rings (SSSR count). The first-order valence-electron chi connectivity index (χ1n) is 9.05. The third-order valence-corrected chi connectivity index (χ3v) is 7.49. The zero-order valence-corrected chi connectivity index (χ0v) is 16.5. The second-order valence-corrected chi connectivity index (χ2v) is 9.48. The summed E-state index contributed by atoms with van der Waals surface area (Å²) in [5.74, 6) is 1.49. The lowest BCUT2D eigenvalue weighted by molar-refractivity contribution is 0.260. The van der Waals surface area contributed by atoms with Crippen LogP contribution in [-0.4, -0.2) is 19.9 Å². The quantitative estimate of drug-likeness (QED) is 0.533. The third kappa shape index (κ3) is 4.37. The number of rotatable bonds is 9. The largest absolute Gasteiger partial charge is 0.489 e. The third-order valence-electron chi connectivity index (χ3n) is 5.15. The Hall–Kier alpha value is -1.61. The zero-order chi connectivity index (χ0) is 18.6. The van der Waals surface area contributed by atoms with Crippen LogP contribution >= 0.6 is 7.60 Å². The predicted molar refractivity (Wildman–Crippen MR) is 104 cm³/mol. The number of ether oxygens (including phenoxy) is 1. The molecule has 0 amide bonds. The highest BCUT2D eigenvalue weighted by Crippen LogP contribution is 2.60. The zero-order valence-electron chi connectivity index (χ0n) is 15.6. The summed E-state index contributed by atoms with van der Waals surface area (Å²) in [5, 5.41) is 0. The average molecular weight is 374 g/mol. The molecule has 5 heteroatoms. The van der Waals surface area contributed by atoms with Gasteiger partial charge in [0.2, 0.25) is 0 Å². The molecule has 4 nitrogen and oxygen atoms in total. The Bertz CT molecular complexity index is 750. The van der Waals surface area contributed by atoms with Crippen molar-refractivity contribution in [2.75, 3.05) is 14.2 Å². The van der Waals surface area contributed by atoms with Crippen molar-refractivity contribution in [1.82, 2.24) is 0 Å². The Labute approximate surface area is 156 Å². The molecule has 2 aromatic rings. The maximum Gasteiger partial charge on any atom is 0.333 e. The van der Waals surface area contributed by atoms with E-state index in [1.165, 1.54) is 14.2 Å². The Morgan fingerprint density at radius 3 is 2.35 bits per heavy atom. The highest BCUT2D eigenvalue weighted by atomic mass is 31.2. The standard InChI is InChI=1S/C21H27O4P/c1-16(26(22,23-2)24-3)21(18-12-13-18)19-10-7-11-20(14-19)25-15-17-8-5-4-6-9-17/h4-11,14,16,18,21H,12-13,15H2,1-3H3. The van der Waals surface area contributed by atoms with E-state index in [-0.39, 0.29) is 11.6 Å². The van der Waals surface area contributed by atoms with Gasteiger partial charge in [-0.05, 0) is 42.0 Å². The number of hydrogen-bond acceptors (Lipinski definition) is 4. The lowest BCUT2D eigenvalue weighted by Crippen LogP contribution is -2.19. The van der Waals surface area contributed by atoms with Gasteiger partial charge in [0.15, 0.2) is 0 Å². The van der Waals surface area contributed by atoms with E-state index < -0.39 is 7.60 Å². The van der Waals surface area contributed by atoms with E-state index in [2.05, 4.69) is 12.1 Å². The summed E-state index contributed by atoms with van der Waals surface area (Å²) in [7, 11) is -0.202. The molecule has 2 unspecified atom stereocenters. The molecule has 0 heterocycles. The van der Waals surface area contributed by atoms with Gasteiger partial charge in [0.1, 0.15) is 12.4 Å². The van der Waals surface area contributed by atoms with E-state index >= 15 is 0 Å². The molecule has 26 heavy (non-hydrogen) atoms. The van der Waals surface area contributed by atoms with Crippen molar-refractivity contribution in [1.29, 1.82) is 0 Å². The van der Waals surface area contributed by atoms with Crippen molar-refractivity contribution in [3.63, 3.8) is 0 Å². The average Bonchev–Trinajstić information content (AvgIpc) is 3.52. The van der Waals surface area contributed by atoms with Gasteiger partial charge in [0.25, 0.3) is 0 Å². The molecule has 0 N–H and O–H groups in total. The van der Waals surface area contributed by atoms with Crippen LogP contribution in [0.1, 0.15) is 36.8 Å². The van der Waals surface area contributed by atoms with Gasteiger partial charge < -0.3 is 13.8 Å². The smallest absolute Gasteiger partial charge is 0.333 e. The number of hydrogen-bond donors (Lipinski definition) is 0. The van der Waals surface area contributed by atoms with Crippen LogP contribution in [0, 0.1) is 5.92 Å². The summed E-state index contributed by atoms with van der Waals surface area (Å²) in [4.78, 5) is 0. The monoisotopic (exact) mass is 374 g/mol. The summed E-state index contributed by atoms with van der Waals surface area (Å²) in [6.45, 7) is 2.50. The van der Waals surface area contributed by atoms with E-state index in [0.717, 1.165) is 29.7 Å². The van der Waals surface area contributed by atoms with Gasteiger partial charge in [-0.25, -0.2) is 0 Å². The molecule has 1 aliphatic rings.